The number of hydrogen-bond donors (Lipinski definition) is 0. The van der Waals surface area contributed by atoms with Crippen molar-refractivity contribution in [3.63, 3.8) is 0 Å². The summed E-state index contributed by atoms with van der Waals surface area (Å²) in [7, 11) is 0. The molecule has 0 saturated heterocycles. The molecule has 1 unspecified atom stereocenters. The zero-order valence-corrected chi connectivity index (χ0v) is 8.25. The van der Waals surface area contributed by atoms with Gasteiger partial charge in [0.15, 0.2) is 0 Å². The number of alkyl halides is 2. The van der Waals surface area contributed by atoms with Crippen molar-refractivity contribution >= 4 is 5.78 Å². The molecule has 80 valence electrons. The van der Waals surface area contributed by atoms with Crippen LogP contribution in [0.5, 0.6) is 0 Å². The van der Waals surface area contributed by atoms with Crippen LogP contribution >= 0.6 is 0 Å². The van der Waals surface area contributed by atoms with Gasteiger partial charge in [-0.3, -0.25) is 4.79 Å². The SMILES string of the molecule is O=C1CCCC1c1cccc(C(F)F)c1. The topological polar surface area (TPSA) is 17.1 Å². The Hall–Kier alpha value is -1.25. The van der Waals surface area contributed by atoms with Crippen molar-refractivity contribution in [1.82, 2.24) is 0 Å². The Morgan fingerprint density at radius 2 is 2.13 bits per heavy atom. The number of Topliss-reactive ketones (excluding diaryl/α,β-unsaturated/α-hetero) is 1. The van der Waals surface area contributed by atoms with Crippen molar-refractivity contribution in [2.45, 2.75) is 31.6 Å². The summed E-state index contributed by atoms with van der Waals surface area (Å²) in [6, 6.07) is 6.22. The largest absolute Gasteiger partial charge is 0.299 e. The molecule has 1 saturated carbocycles. The van der Waals surface area contributed by atoms with E-state index in [4.69, 9.17) is 0 Å². The second-order valence-corrected chi connectivity index (χ2v) is 3.88. The lowest BCUT2D eigenvalue weighted by Crippen LogP contribution is -2.04. The standard InChI is InChI=1S/C12H12F2O/c13-12(14)9-4-1-3-8(7-9)10-5-2-6-11(10)15/h1,3-4,7,10,12H,2,5-6H2. The number of rotatable bonds is 2. The zero-order chi connectivity index (χ0) is 10.8. The first-order valence-corrected chi connectivity index (χ1v) is 5.09. The molecular weight excluding hydrogens is 198 g/mol. The highest BCUT2D eigenvalue weighted by Crippen LogP contribution is 2.32. The number of hydrogen-bond acceptors (Lipinski definition) is 1. The fourth-order valence-electron chi connectivity index (χ4n) is 2.08. The minimum atomic E-state index is -2.46. The summed E-state index contributed by atoms with van der Waals surface area (Å²) in [6.45, 7) is 0. The Morgan fingerprint density at radius 3 is 2.73 bits per heavy atom. The molecule has 2 rings (SSSR count). The molecule has 1 aromatic rings. The van der Waals surface area contributed by atoms with Gasteiger partial charge in [0.1, 0.15) is 5.78 Å². The van der Waals surface area contributed by atoms with Gasteiger partial charge in [-0.15, -0.1) is 0 Å². The lowest BCUT2D eigenvalue weighted by molar-refractivity contribution is -0.118. The molecule has 1 nitrogen and oxygen atoms in total. The smallest absolute Gasteiger partial charge is 0.263 e. The lowest BCUT2D eigenvalue weighted by Gasteiger charge is -2.09. The van der Waals surface area contributed by atoms with Crippen molar-refractivity contribution in [2.24, 2.45) is 0 Å². The van der Waals surface area contributed by atoms with Crippen molar-refractivity contribution in [3.05, 3.63) is 35.4 Å². The molecule has 0 heterocycles. The van der Waals surface area contributed by atoms with Crippen LogP contribution in [0.2, 0.25) is 0 Å². The molecule has 1 aliphatic carbocycles. The van der Waals surface area contributed by atoms with Crippen LogP contribution in [0.1, 0.15) is 42.7 Å². The molecule has 0 aliphatic heterocycles. The summed E-state index contributed by atoms with van der Waals surface area (Å²) in [5.74, 6) is 0.0325. The molecule has 0 spiro atoms. The van der Waals surface area contributed by atoms with Crippen LogP contribution < -0.4 is 0 Å². The van der Waals surface area contributed by atoms with E-state index in [1.165, 1.54) is 12.1 Å². The van der Waals surface area contributed by atoms with Crippen molar-refractivity contribution in [2.75, 3.05) is 0 Å². The minimum Gasteiger partial charge on any atom is -0.299 e. The Bertz CT molecular complexity index is 374. The monoisotopic (exact) mass is 210 g/mol. The van der Waals surface area contributed by atoms with Crippen LogP contribution in [-0.2, 0) is 4.79 Å². The molecule has 1 atom stereocenters. The highest BCUT2D eigenvalue weighted by atomic mass is 19.3. The molecule has 3 heteroatoms. The molecule has 15 heavy (non-hydrogen) atoms. The van der Waals surface area contributed by atoms with Gasteiger partial charge >= 0.3 is 0 Å². The first kappa shape index (κ1) is 10.3. The maximum absolute atomic E-state index is 12.4. The average Bonchev–Trinajstić information content (AvgIpc) is 2.64. The van der Waals surface area contributed by atoms with Crippen LogP contribution in [0, 0.1) is 0 Å². The summed E-state index contributed by atoms with van der Waals surface area (Å²) in [5.41, 5.74) is 0.752. The molecule has 1 aliphatic rings. The fraction of sp³-hybridized carbons (Fsp3) is 0.417. The highest BCUT2D eigenvalue weighted by Gasteiger charge is 2.26. The molecule has 0 bridgehead atoms. The minimum absolute atomic E-state index is 0.00667. The van der Waals surface area contributed by atoms with Gasteiger partial charge in [0, 0.05) is 17.9 Å². The van der Waals surface area contributed by atoms with E-state index in [1.807, 2.05) is 0 Å². The van der Waals surface area contributed by atoms with E-state index in [0.717, 1.165) is 18.4 Å². The number of ketones is 1. The third-order valence-corrected chi connectivity index (χ3v) is 2.87. The normalized spacial score (nSPS) is 21.3. The van der Waals surface area contributed by atoms with Crippen LogP contribution in [0.3, 0.4) is 0 Å². The van der Waals surface area contributed by atoms with Crippen LogP contribution in [0.25, 0.3) is 0 Å². The van der Waals surface area contributed by atoms with Gasteiger partial charge in [-0.25, -0.2) is 8.78 Å². The van der Waals surface area contributed by atoms with Crippen molar-refractivity contribution in [3.8, 4) is 0 Å². The van der Waals surface area contributed by atoms with E-state index >= 15 is 0 Å². The summed E-state index contributed by atoms with van der Waals surface area (Å²) in [4.78, 5) is 11.5. The fourth-order valence-corrected chi connectivity index (χ4v) is 2.08. The molecule has 1 aromatic carbocycles. The van der Waals surface area contributed by atoms with E-state index in [-0.39, 0.29) is 17.3 Å². The van der Waals surface area contributed by atoms with E-state index in [1.54, 1.807) is 12.1 Å². The number of benzene rings is 1. The first-order chi connectivity index (χ1) is 7.18. The second-order valence-electron chi connectivity index (χ2n) is 3.88. The molecule has 0 amide bonds. The lowest BCUT2D eigenvalue weighted by atomic mass is 9.95. The molecule has 0 N–H and O–H groups in total. The number of carbonyl (C=O) groups excluding carboxylic acids is 1. The van der Waals surface area contributed by atoms with E-state index in [0.29, 0.717) is 6.42 Å². The molecule has 1 fully saturated rings. The van der Waals surface area contributed by atoms with Crippen molar-refractivity contribution < 1.29 is 13.6 Å². The quantitative estimate of drug-likeness (QED) is 0.730. The summed E-state index contributed by atoms with van der Waals surface area (Å²) < 4.78 is 24.9. The Balaban J connectivity index is 2.28. The first-order valence-electron chi connectivity index (χ1n) is 5.09. The maximum Gasteiger partial charge on any atom is 0.263 e. The van der Waals surface area contributed by atoms with Crippen LogP contribution in [0.4, 0.5) is 8.78 Å². The van der Waals surface area contributed by atoms with Crippen molar-refractivity contribution in [1.29, 1.82) is 0 Å². The van der Waals surface area contributed by atoms with Crippen LogP contribution in [-0.4, -0.2) is 5.78 Å². The Morgan fingerprint density at radius 1 is 1.33 bits per heavy atom. The number of halogens is 2. The van der Waals surface area contributed by atoms with E-state index < -0.39 is 6.43 Å². The zero-order valence-electron chi connectivity index (χ0n) is 8.25. The molecule has 0 radical (unpaired) electrons. The van der Waals surface area contributed by atoms with Crippen LogP contribution in [0.15, 0.2) is 24.3 Å². The summed E-state index contributed by atoms with van der Waals surface area (Å²) in [5, 5.41) is 0. The Labute approximate surface area is 87.1 Å². The van der Waals surface area contributed by atoms with E-state index in [9.17, 15) is 13.6 Å². The highest BCUT2D eigenvalue weighted by molar-refractivity contribution is 5.87. The van der Waals surface area contributed by atoms with E-state index in [2.05, 4.69) is 0 Å². The van der Waals surface area contributed by atoms with Gasteiger partial charge in [-0.2, -0.15) is 0 Å². The van der Waals surface area contributed by atoms with Gasteiger partial charge < -0.3 is 0 Å². The number of carbonyl (C=O) groups is 1. The predicted molar refractivity (Wildman–Crippen MR) is 53.0 cm³/mol. The summed E-state index contributed by atoms with van der Waals surface area (Å²) in [6.07, 6.45) is -0.196. The van der Waals surface area contributed by atoms with Gasteiger partial charge in [-0.05, 0) is 24.5 Å². The maximum atomic E-state index is 12.4. The average molecular weight is 210 g/mol. The Kier molecular flexibility index (Phi) is 2.80. The second kappa shape index (κ2) is 4.09. The third kappa shape index (κ3) is 2.06. The van der Waals surface area contributed by atoms with Gasteiger partial charge in [-0.1, -0.05) is 18.2 Å². The van der Waals surface area contributed by atoms with Gasteiger partial charge in [0.25, 0.3) is 6.43 Å². The van der Waals surface area contributed by atoms with Gasteiger partial charge in [0.05, 0.1) is 0 Å². The summed E-state index contributed by atoms with van der Waals surface area (Å²) >= 11 is 0. The van der Waals surface area contributed by atoms with Gasteiger partial charge in [0.2, 0.25) is 0 Å². The molecule has 0 aromatic heterocycles. The molecular formula is C12H12F2O. The third-order valence-electron chi connectivity index (χ3n) is 2.87. The predicted octanol–water partition coefficient (Wildman–Crippen LogP) is 3.46.